The number of ether oxygens (including phenoxy) is 2. The first-order chi connectivity index (χ1) is 16.7. The molecule has 0 radical (unpaired) electrons. The van der Waals surface area contributed by atoms with Crippen molar-refractivity contribution >= 4 is 11.8 Å². The minimum atomic E-state index is -0.512. The van der Waals surface area contributed by atoms with E-state index in [0.717, 1.165) is 56.4 Å². The fourth-order valence-corrected chi connectivity index (χ4v) is 9.12. The Kier molecular flexibility index (Phi) is 5.90. The Bertz CT molecular complexity index is 834. The van der Waals surface area contributed by atoms with E-state index in [1.807, 2.05) is 0 Å². The first kappa shape index (κ1) is 22.4. The smallest absolute Gasteiger partial charge is 0.210 e. The van der Waals surface area contributed by atoms with Crippen LogP contribution in [0.1, 0.15) is 69.3 Å². The molecule has 5 aliphatic carbocycles. The van der Waals surface area contributed by atoms with Crippen molar-refractivity contribution in [3.8, 4) is 5.75 Å². The second kappa shape index (κ2) is 8.95. The molecule has 0 unspecified atom stereocenters. The predicted octanol–water partition coefficient (Wildman–Crippen LogP) is 5.60. The van der Waals surface area contributed by atoms with Crippen LogP contribution in [0.4, 0.5) is 0 Å². The standard InChI is InChI=1S/C28H39NO4S/c1-3-26(30-12-9-29-10-13-34-14-11-29)4-2-22(1)23-5-7-27(8-6-23)31-28(33-32-27)24-16-20-15-21(18-24)19-25(28)17-20/h1-4,20-21,23-25H,5-19H2. The highest BCUT2D eigenvalue weighted by molar-refractivity contribution is 7.99. The van der Waals surface area contributed by atoms with Gasteiger partial charge in [-0.1, -0.05) is 12.1 Å². The summed E-state index contributed by atoms with van der Waals surface area (Å²) in [5, 5.41) is 0. The van der Waals surface area contributed by atoms with Crippen molar-refractivity contribution in [3.63, 3.8) is 0 Å². The summed E-state index contributed by atoms with van der Waals surface area (Å²) in [6, 6.07) is 8.84. The summed E-state index contributed by atoms with van der Waals surface area (Å²) in [5.41, 5.74) is 1.42. The monoisotopic (exact) mass is 485 g/mol. The van der Waals surface area contributed by atoms with Gasteiger partial charge in [0.25, 0.3) is 0 Å². The zero-order chi connectivity index (χ0) is 22.6. The summed E-state index contributed by atoms with van der Waals surface area (Å²) in [4.78, 5) is 14.8. The van der Waals surface area contributed by atoms with Crippen molar-refractivity contribution in [2.24, 2.45) is 23.7 Å². The molecule has 5 saturated carbocycles. The van der Waals surface area contributed by atoms with Crippen molar-refractivity contribution in [2.75, 3.05) is 37.7 Å². The quantitative estimate of drug-likeness (QED) is 0.506. The maximum Gasteiger partial charge on any atom is 0.210 e. The highest BCUT2D eigenvalue weighted by Gasteiger charge is 2.66. The molecule has 2 spiro atoms. The molecule has 7 aliphatic rings. The zero-order valence-corrected chi connectivity index (χ0v) is 21.1. The SMILES string of the molecule is c1cc(C2CCC3(CC2)OOC2(O3)C3CC4CC(C3)CC2C4)ccc1OCCN1CCSCC1. The third-order valence-electron chi connectivity index (χ3n) is 9.82. The Labute approximate surface area is 208 Å². The molecular formula is C28H39NO4S. The summed E-state index contributed by atoms with van der Waals surface area (Å²) >= 11 is 2.06. The number of thioether (sulfide) groups is 1. The van der Waals surface area contributed by atoms with Crippen molar-refractivity contribution in [1.29, 1.82) is 0 Å². The molecule has 6 heteroatoms. The molecule has 0 aromatic heterocycles. The number of hydrogen-bond acceptors (Lipinski definition) is 6. The molecule has 186 valence electrons. The summed E-state index contributed by atoms with van der Waals surface area (Å²) < 4.78 is 12.9. The van der Waals surface area contributed by atoms with E-state index in [1.54, 1.807) is 0 Å². The normalized spacial score (nSPS) is 43.7. The van der Waals surface area contributed by atoms with E-state index >= 15 is 0 Å². The van der Waals surface area contributed by atoms with Gasteiger partial charge in [0.15, 0.2) is 0 Å². The second-order valence-corrected chi connectivity index (χ2v) is 13.1. The van der Waals surface area contributed by atoms with Gasteiger partial charge in [0.2, 0.25) is 11.6 Å². The van der Waals surface area contributed by atoms with Crippen LogP contribution >= 0.6 is 11.8 Å². The molecule has 5 nitrogen and oxygen atoms in total. The largest absolute Gasteiger partial charge is 0.492 e. The summed E-state index contributed by atoms with van der Waals surface area (Å²) in [6.45, 7) is 4.19. The third-order valence-corrected chi connectivity index (χ3v) is 10.8. The average molecular weight is 486 g/mol. The van der Waals surface area contributed by atoms with E-state index in [-0.39, 0.29) is 0 Å². The van der Waals surface area contributed by atoms with Crippen molar-refractivity contribution in [3.05, 3.63) is 29.8 Å². The van der Waals surface area contributed by atoms with Crippen LogP contribution in [-0.4, -0.2) is 54.2 Å². The predicted molar refractivity (Wildman–Crippen MR) is 133 cm³/mol. The maximum absolute atomic E-state index is 6.88. The van der Waals surface area contributed by atoms with Gasteiger partial charge >= 0.3 is 0 Å². The van der Waals surface area contributed by atoms with Gasteiger partial charge < -0.3 is 9.47 Å². The Morgan fingerprint density at radius 1 is 0.882 bits per heavy atom. The van der Waals surface area contributed by atoms with Crippen LogP contribution < -0.4 is 4.74 Å². The summed E-state index contributed by atoms with van der Waals surface area (Å²) in [5.74, 6) is 6.01. The minimum absolute atomic E-state index is 0.438. The van der Waals surface area contributed by atoms with Gasteiger partial charge in [0.1, 0.15) is 12.4 Å². The average Bonchev–Trinajstić information content (AvgIpc) is 3.24. The van der Waals surface area contributed by atoms with Gasteiger partial charge in [-0.2, -0.15) is 21.5 Å². The van der Waals surface area contributed by atoms with Crippen molar-refractivity contribution < 1.29 is 19.2 Å². The second-order valence-electron chi connectivity index (χ2n) is 11.9. The lowest BCUT2D eigenvalue weighted by Gasteiger charge is -2.57. The van der Waals surface area contributed by atoms with E-state index in [2.05, 4.69) is 40.9 Å². The van der Waals surface area contributed by atoms with Crippen molar-refractivity contribution in [2.45, 2.75) is 75.3 Å². The zero-order valence-electron chi connectivity index (χ0n) is 20.3. The Balaban J connectivity index is 0.928. The Morgan fingerprint density at radius 3 is 2.24 bits per heavy atom. The van der Waals surface area contributed by atoms with E-state index in [9.17, 15) is 0 Å². The summed E-state index contributed by atoms with van der Waals surface area (Å²) in [6.07, 6.45) is 10.6. The molecule has 2 aliphatic heterocycles. The molecule has 1 aromatic carbocycles. The van der Waals surface area contributed by atoms with Crippen LogP contribution in [-0.2, 0) is 14.5 Å². The van der Waals surface area contributed by atoms with Crippen LogP contribution in [0.5, 0.6) is 5.75 Å². The first-order valence-corrected chi connectivity index (χ1v) is 15.0. The Morgan fingerprint density at radius 2 is 1.56 bits per heavy atom. The minimum Gasteiger partial charge on any atom is -0.492 e. The first-order valence-electron chi connectivity index (χ1n) is 13.8. The topological polar surface area (TPSA) is 40.2 Å². The van der Waals surface area contributed by atoms with E-state index in [1.165, 1.54) is 62.3 Å². The number of benzene rings is 1. The van der Waals surface area contributed by atoms with E-state index < -0.39 is 11.6 Å². The number of nitrogens with zero attached hydrogens (tertiary/aromatic N) is 1. The van der Waals surface area contributed by atoms with E-state index in [0.29, 0.717) is 17.8 Å². The summed E-state index contributed by atoms with van der Waals surface area (Å²) in [7, 11) is 0. The lowest BCUT2D eigenvalue weighted by molar-refractivity contribution is -0.390. The van der Waals surface area contributed by atoms with E-state index in [4.69, 9.17) is 19.2 Å². The molecule has 0 atom stereocenters. The Hall–Kier alpha value is -0.790. The van der Waals surface area contributed by atoms with Crippen molar-refractivity contribution in [1.82, 2.24) is 4.90 Å². The molecular weight excluding hydrogens is 446 g/mol. The number of rotatable bonds is 5. The highest BCUT2D eigenvalue weighted by atomic mass is 32.2. The highest BCUT2D eigenvalue weighted by Crippen LogP contribution is 2.64. The van der Waals surface area contributed by atoms with Crippen LogP contribution in [0.3, 0.4) is 0 Å². The van der Waals surface area contributed by atoms with Crippen LogP contribution in [0, 0.1) is 23.7 Å². The van der Waals surface area contributed by atoms with Crippen LogP contribution in [0.25, 0.3) is 0 Å². The lowest BCUT2D eigenvalue weighted by atomic mass is 9.53. The fraction of sp³-hybridized carbons (Fsp3) is 0.786. The maximum atomic E-state index is 6.88. The molecule has 4 bridgehead atoms. The fourth-order valence-electron chi connectivity index (χ4n) is 8.14. The molecule has 0 N–H and O–H groups in total. The number of hydrogen-bond donors (Lipinski definition) is 0. The van der Waals surface area contributed by atoms with Gasteiger partial charge in [-0.05, 0) is 80.4 Å². The van der Waals surface area contributed by atoms with Gasteiger partial charge in [-0.15, -0.1) is 0 Å². The van der Waals surface area contributed by atoms with Crippen LogP contribution in [0.2, 0.25) is 0 Å². The lowest BCUT2D eigenvalue weighted by Crippen LogP contribution is -2.59. The molecule has 8 rings (SSSR count). The van der Waals surface area contributed by atoms with Crippen LogP contribution in [0.15, 0.2) is 24.3 Å². The van der Waals surface area contributed by atoms with Gasteiger partial charge in [-0.25, -0.2) is 0 Å². The van der Waals surface area contributed by atoms with Gasteiger partial charge in [-0.3, -0.25) is 4.90 Å². The molecule has 0 amide bonds. The molecule has 2 heterocycles. The van der Waals surface area contributed by atoms with Gasteiger partial charge in [0, 0.05) is 55.8 Å². The molecule has 34 heavy (non-hydrogen) atoms. The third kappa shape index (κ3) is 4.02. The molecule has 1 aromatic rings. The molecule has 2 saturated heterocycles. The molecule has 7 fully saturated rings. The van der Waals surface area contributed by atoms with Gasteiger partial charge in [0.05, 0.1) is 0 Å².